The molecular weight excluding hydrogens is 600 g/mol. The van der Waals surface area contributed by atoms with Crippen molar-refractivity contribution in [2.24, 2.45) is 0 Å². The molecule has 1 radical (unpaired) electrons. The minimum atomic E-state index is -0.0162. The molecule has 7 nitrogen and oxygen atoms in total. The van der Waals surface area contributed by atoms with Crippen molar-refractivity contribution in [3.8, 4) is 34.1 Å². The third-order valence-corrected chi connectivity index (χ3v) is 8.62. The van der Waals surface area contributed by atoms with Gasteiger partial charge in [0.1, 0.15) is 23.0 Å². The van der Waals surface area contributed by atoms with Crippen molar-refractivity contribution in [1.29, 1.82) is 0 Å². The Kier molecular flexibility index (Phi) is 8.28. The Hall–Kier alpha value is -6.05. The van der Waals surface area contributed by atoms with E-state index in [2.05, 4.69) is 21.9 Å². The van der Waals surface area contributed by atoms with Crippen LogP contribution in [0.2, 0.25) is 0 Å². The van der Waals surface area contributed by atoms with E-state index in [-0.39, 0.29) is 5.78 Å². The molecule has 0 N–H and O–H groups in total. The van der Waals surface area contributed by atoms with Gasteiger partial charge in [0, 0.05) is 64.6 Å². The summed E-state index contributed by atoms with van der Waals surface area (Å²) in [6.07, 6.45) is 0. The maximum absolute atomic E-state index is 14.2. The van der Waals surface area contributed by atoms with Gasteiger partial charge >= 0.3 is 0 Å². The lowest BCUT2D eigenvalue weighted by atomic mass is 10.0. The second-order valence-corrected chi connectivity index (χ2v) is 11.3. The van der Waals surface area contributed by atoms with Gasteiger partial charge in [0.15, 0.2) is 22.8 Å². The fraction of sp³-hybridized carbons (Fsp3) is 0.0976. The second kappa shape index (κ2) is 13.0. The van der Waals surface area contributed by atoms with Crippen LogP contribution in [0.15, 0.2) is 133 Å². The van der Waals surface area contributed by atoms with Gasteiger partial charge in [0.05, 0.1) is 28.4 Å². The molecule has 0 atom stereocenters. The van der Waals surface area contributed by atoms with E-state index in [1.54, 1.807) is 28.4 Å². The summed E-state index contributed by atoms with van der Waals surface area (Å²) in [5, 5.41) is 0. The summed E-state index contributed by atoms with van der Waals surface area (Å²) < 4.78 is 21.6. The van der Waals surface area contributed by atoms with Crippen LogP contribution in [0.5, 0.6) is 23.0 Å². The van der Waals surface area contributed by atoms with E-state index in [9.17, 15) is 4.79 Å². The van der Waals surface area contributed by atoms with Crippen LogP contribution in [-0.4, -0.2) is 34.2 Å². The van der Waals surface area contributed by atoms with E-state index >= 15 is 0 Å². The largest absolute Gasteiger partial charge is 0.497 e. The van der Waals surface area contributed by atoms with E-state index in [1.165, 1.54) is 0 Å². The van der Waals surface area contributed by atoms with Crippen molar-refractivity contribution in [2.45, 2.75) is 0 Å². The minimum Gasteiger partial charge on any atom is -0.497 e. The average molecular weight is 635 g/mol. The molecule has 237 valence electrons. The molecule has 7 rings (SSSR count). The van der Waals surface area contributed by atoms with Crippen molar-refractivity contribution in [1.82, 2.24) is 4.90 Å². The highest BCUT2D eigenvalue weighted by atomic mass is 16.5. The Morgan fingerprint density at radius 2 is 0.750 bits per heavy atom. The Morgan fingerprint density at radius 3 is 1.19 bits per heavy atom. The second-order valence-electron chi connectivity index (χ2n) is 11.3. The third-order valence-electron chi connectivity index (χ3n) is 8.62. The van der Waals surface area contributed by atoms with Gasteiger partial charge in [-0.15, -0.1) is 0 Å². The van der Waals surface area contributed by atoms with Crippen molar-refractivity contribution in [3.05, 3.63) is 145 Å². The number of hydrogen-bond acceptors (Lipinski definition) is 7. The van der Waals surface area contributed by atoms with Gasteiger partial charge in [-0.05, 0) is 102 Å². The highest BCUT2D eigenvalue weighted by Crippen LogP contribution is 2.45. The number of benzene rings is 6. The number of anilines is 6. The first-order chi connectivity index (χ1) is 23.5. The maximum atomic E-state index is 14.2. The van der Waals surface area contributed by atoms with Crippen LogP contribution < -0.4 is 28.7 Å². The molecule has 0 bridgehead atoms. The summed E-state index contributed by atoms with van der Waals surface area (Å²) >= 11 is 0. The van der Waals surface area contributed by atoms with Crippen molar-refractivity contribution in [2.75, 3.05) is 33.3 Å². The lowest BCUT2D eigenvalue weighted by Crippen LogP contribution is -2.12. The van der Waals surface area contributed by atoms with E-state index in [1.807, 2.05) is 121 Å². The van der Waals surface area contributed by atoms with E-state index in [4.69, 9.17) is 18.9 Å². The van der Waals surface area contributed by atoms with Gasteiger partial charge < -0.3 is 23.8 Å². The van der Waals surface area contributed by atoms with Crippen LogP contribution in [0, 0.1) is 0 Å². The first-order valence-corrected chi connectivity index (χ1v) is 15.5. The van der Waals surface area contributed by atoms with Gasteiger partial charge in [-0.25, -0.2) is 0 Å². The monoisotopic (exact) mass is 634 g/mol. The Balaban J connectivity index is 1.29. The number of rotatable bonds is 10. The fourth-order valence-electron chi connectivity index (χ4n) is 6.15. The van der Waals surface area contributed by atoms with Crippen molar-refractivity contribution >= 4 is 39.9 Å². The lowest BCUT2D eigenvalue weighted by Gasteiger charge is -2.26. The molecule has 0 heterocycles. The number of fused-ring (bicyclic) bond motifs is 3. The summed E-state index contributed by atoms with van der Waals surface area (Å²) in [4.78, 5) is 18.5. The van der Waals surface area contributed by atoms with Crippen LogP contribution in [0.25, 0.3) is 11.1 Å². The third kappa shape index (κ3) is 5.61. The van der Waals surface area contributed by atoms with Gasteiger partial charge in [-0.3, -0.25) is 4.79 Å². The summed E-state index contributed by atoms with van der Waals surface area (Å²) in [5.41, 5.74) is 8.60. The number of nitrogens with zero attached hydrogens (tertiary/aromatic N) is 2. The number of hydrogen-bond donors (Lipinski definition) is 0. The molecule has 1 aliphatic rings. The zero-order valence-corrected chi connectivity index (χ0v) is 27.1. The molecule has 0 fully saturated rings. The fourth-order valence-corrected chi connectivity index (χ4v) is 6.15. The van der Waals surface area contributed by atoms with Crippen molar-refractivity contribution < 1.29 is 23.7 Å². The molecule has 0 saturated carbocycles. The van der Waals surface area contributed by atoms with Gasteiger partial charge in [-0.1, -0.05) is 11.0 Å². The molecule has 0 saturated heterocycles. The zero-order chi connectivity index (χ0) is 33.2. The van der Waals surface area contributed by atoms with E-state index in [0.717, 1.165) is 68.2 Å². The van der Waals surface area contributed by atoms with Crippen LogP contribution in [0.3, 0.4) is 0 Å². The summed E-state index contributed by atoms with van der Waals surface area (Å²) in [5.74, 6) is 3.05. The smallest absolute Gasteiger partial charge is 0.194 e. The SMILES string of the molecule is COc1ccc(N(c2ccc(OC)cc2)c2ccc3c(c2)C(=O)c2cc([N+](c4ccc(OC)cc4)c4ccc(OC)cc4)ccc2-3)cc1. The molecule has 6 aromatic rings. The predicted molar refractivity (Wildman–Crippen MR) is 190 cm³/mol. The van der Waals surface area contributed by atoms with E-state index in [0.29, 0.717) is 11.1 Å². The number of ether oxygens (including phenoxy) is 4. The van der Waals surface area contributed by atoms with E-state index < -0.39 is 0 Å². The van der Waals surface area contributed by atoms with Crippen molar-refractivity contribution in [3.63, 3.8) is 0 Å². The first-order valence-electron chi connectivity index (χ1n) is 15.5. The molecule has 0 aliphatic heterocycles. The van der Waals surface area contributed by atoms with Crippen LogP contribution >= 0.6 is 0 Å². The Labute approximate surface area is 280 Å². The standard InChI is InChI=1S/C41H34N2O5/c1-45-33-15-5-27(6-16-33)42(28-7-17-34(46-2)18-8-28)31-13-23-37-38-24-14-32(26-40(38)41(44)39(37)25-31)43(29-9-19-35(47-3)20-10-29)30-11-21-36(48-4)22-12-30/h5-26H,1-4H3/q+1. The maximum Gasteiger partial charge on any atom is 0.194 e. The Morgan fingerprint density at radius 1 is 0.396 bits per heavy atom. The van der Waals surface area contributed by atoms with Gasteiger partial charge in [-0.2, -0.15) is 0 Å². The molecular formula is C41H34N2O5+. The number of ketones is 1. The summed E-state index contributed by atoms with van der Waals surface area (Å²) in [7, 11) is 6.61. The molecule has 48 heavy (non-hydrogen) atoms. The van der Waals surface area contributed by atoms with Crippen LogP contribution in [0.4, 0.5) is 34.1 Å². The van der Waals surface area contributed by atoms with Crippen LogP contribution in [0.1, 0.15) is 15.9 Å². The number of carbonyl (C=O) groups is 1. The normalized spacial score (nSPS) is 11.6. The molecule has 0 amide bonds. The minimum absolute atomic E-state index is 0.0162. The molecule has 1 aliphatic carbocycles. The molecule has 0 aromatic heterocycles. The molecule has 6 aromatic carbocycles. The average Bonchev–Trinajstić information content (AvgIpc) is 3.43. The Bertz CT molecular complexity index is 1830. The zero-order valence-electron chi connectivity index (χ0n) is 27.1. The molecule has 7 heteroatoms. The number of carbonyl (C=O) groups excluding carboxylic acids is 1. The quantitative estimate of drug-likeness (QED) is 0.140. The molecule has 0 unspecified atom stereocenters. The summed E-state index contributed by atoms with van der Waals surface area (Å²) in [6.45, 7) is 0. The number of methoxy groups -OCH3 is 4. The highest BCUT2D eigenvalue weighted by Gasteiger charge is 2.33. The lowest BCUT2D eigenvalue weighted by molar-refractivity contribution is 0.104. The van der Waals surface area contributed by atoms with Crippen LogP contribution in [-0.2, 0) is 0 Å². The van der Waals surface area contributed by atoms with Gasteiger partial charge in [0.2, 0.25) is 0 Å². The summed E-state index contributed by atoms with van der Waals surface area (Å²) in [6, 6.07) is 43.7. The predicted octanol–water partition coefficient (Wildman–Crippen LogP) is 9.84. The molecule has 0 spiro atoms. The first kappa shape index (κ1) is 30.6. The van der Waals surface area contributed by atoms with Gasteiger partial charge in [0.25, 0.3) is 0 Å². The highest BCUT2D eigenvalue weighted by molar-refractivity contribution is 6.22. The topological polar surface area (TPSA) is 63.1 Å².